The molecule has 0 aromatic carbocycles. The molecule has 7 heteroatoms. The van der Waals surface area contributed by atoms with Gasteiger partial charge in [-0.25, -0.2) is 8.42 Å². The van der Waals surface area contributed by atoms with Crippen molar-refractivity contribution in [1.29, 1.82) is 0 Å². The summed E-state index contributed by atoms with van der Waals surface area (Å²) in [6.07, 6.45) is 1.68. The molecule has 1 aromatic heterocycles. The van der Waals surface area contributed by atoms with Crippen LogP contribution in [0.25, 0.3) is 0 Å². The zero-order chi connectivity index (χ0) is 15.6. The van der Waals surface area contributed by atoms with E-state index in [1.54, 1.807) is 12.3 Å². The van der Waals surface area contributed by atoms with Gasteiger partial charge in [0.2, 0.25) is 10.0 Å². The summed E-state index contributed by atoms with van der Waals surface area (Å²) in [5, 5.41) is 3.08. The molecule has 1 N–H and O–H groups in total. The highest BCUT2D eigenvalue weighted by Gasteiger charge is 2.30. The van der Waals surface area contributed by atoms with Gasteiger partial charge in [-0.1, -0.05) is 0 Å². The van der Waals surface area contributed by atoms with Crippen LogP contribution >= 0.6 is 0 Å². The van der Waals surface area contributed by atoms with Crippen molar-refractivity contribution >= 4 is 10.0 Å². The van der Waals surface area contributed by atoms with Gasteiger partial charge in [0.25, 0.3) is 0 Å². The summed E-state index contributed by atoms with van der Waals surface area (Å²) in [5.41, 5.74) is 0.979. The number of hydrogen-bond acceptors (Lipinski definition) is 4. The van der Waals surface area contributed by atoms with Gasteiger partial charge in [0.1, 0.15) is 4.90 Å². The van der Waals surface area contributed by atoms with Crippen LogP contribution in [0.5, 0.6) is 0 Å². The van der Waals surface area contributed by atoms with E-state index >= 15 is 0 Å². The second-order valence-corrected chi connectivity index (χ2v) is 7.68. The summed E-state index contributed by atoms with van der Waals surface area (Å²) < 4.78 is 34.5. The van der Waals surface area contributed by atoms with Gasteiger partial charge in [0, 0.05) is 37.6 Å². The molecular weight excluding hydrogens is 290 g/mol. The van der Waals surface area contributed by atoms with Crippen molar-refractivity contribution in [2.24, 2.45) is 0 Å². The molecule has 2 heterocycles. The van der Waals surface area contributed by atoms with Gasteiger partial charge >= 0.3 is 0 Å². The molecule has 6 nitrogen and oxygen atoms in total. The van der Waals surface area contributed by atoms with Crippen molar-refractivity contribution in [2.75, 3.05) is 26.7 Å². The predicted molar refractivity (Wildman–Crippen MR) is 81.8 cm³/mol. The molecule has 0 amide bonds. The quantitative estimate of drug-likeness (QED) is 0.887. The topological polar surface area (TPSA) is 63.6 Å². The smallest absolute Gasteiger partial charge is 0.244 e. The minimum absolute atomic E-state index is 0.0579. The Kier molecular flexibility index (Phi) is 5.08. The molecule has 1 aromatic rings. The Morgan fingerprint density at radius 3 is 2.76 bits per heavy atom. The molecule has 0 aliphatic carbocycles. The summed E-state index contributed by atoms with van der Waals surface area (Å²) in [5.74, 6) is 0. The number of sulfonamides is 1. The van der Waals surface area contributed by atoms with Gasteiger partial charge in [0.05, 0.1) is 12.7 Å². The molecule has 0 spiro atoms. The van der Waals surface area contributed by atoms with Crippen LogP contribution in [0.2, 0.25) is 0 Å². The number of rotatable bonds is 5. The van der Waals surface area contributed by atoms with E-state index in [0.717, 1.165) is 5.69 Å². The van der Waals surface area contributed by atoms with E-state index in [0.29, 0.717) is 31.1 Å². The van der Waals surface area contributed by atoms with Crippen molar-refractivity contribution in [3.8, 4) is 0 Å². The lowest BCUT2D eigenvalue weighted by Gasteiger charge is -2.29. The Morgan fingerprint density at radius 1 is 1.48 bits per heavy atom. The first-order valence-corrected chi connectivity index (χ1v) is 8.77. The molecule has 1 saturated heterocycles. The molecule has 1 aliphatic rings. The summed E-state index contributed by atoms with van der Waals surface area (Å²) in [7, 11) is -1.59. The molecule has 2 rings (SSSR count). The predicted octanol–water partition coefficient (Wildman–Crippen LogP) is 1.20. The first kappa shape index (κ1) is 16.5. The maximum absolute atomic E-state index is 12.8. The zero-order valence-corrected chi connectivity index (χ0v) is 14.0. The number of aromatic nitrogens is 1. The highest BCUT2D eigenvalue weighted by Crippen LogP contribution is 2.23. The average molecular weight is 315 g/mol. The Balaban J connectivity index is 2.33. The van der Waals surface area contributed by atoms with Crippen molar-refractivity contribution in [1.82, 2.24) is 14.2 Å². The summed E-state index contributed by atoms with van der Waals surface area (Å²) in [6.45, 7) is 7.92. The van der Waals surface area contributed by atoms with E-state index in [1.807, 2.05) is 32.4 Å². The SMILES string of the molecule is CNCc1cc(S(=O)(=O)N2CCOC(C)C2)cn1C(C)C. The second kappa shape index (κ2) is 6.48. The third-order valence-electron chi connectivity index (χ3n) is 3.66. The maximum Gasteiger partial charge on any atom is 0.244 e. The van der Waals surface area contributed by atoms with E-state index in [2.05, 4.69) is 5.32 Å². The van der Waals surface area contributed by atoms with E-state index in [1.165, 1.54) is 4.31 Å². The van der Waals surface area contributed by atoms with Crippen LogP contribution < -0.4 is 5.32 Å². The van der Waals surface area contributed by atoms with Crippen molar-refractivity contribution in [3.05, 3.63) is 18.0 Å². The summed E-state index contributed by atoms with van der Waals surface area (Å²) >= 11 is 0. The Bertz CT molecular complexity index is 580. The molecule has 0 radical (unpaired) electrons. The van der Waals surface area contributed by atoms with Gasteiger partial charge in [-0.3, -0.25) is 0 Å². The first-order valence-electron chi connectivity index (χ1n) is 7.33. The van der Waals surface area contributed by atoms with Crippen molar-refractivity contribution < 1.29 is 13.2 Å². The van der Waals surface area contributed by atoms with Gasteiger partial charge in [-0.15, -0.1) is 0 Å². The fraction of sp³-hybridized carbons (Fsp3) is 0.714. The highest BCUT2D eigenvalue weighted by molar-refractivity contribution is 7.89. The van der Waals surface area contributed by atoms with Crippen molar-refractivity contribution in [3.63, 3.8) is 0 Å². The third kappa shape index (κ3) is 3.48. The molecule has 1 fully saturated rings. The Labute approximate surface area is 127 Å². The van der Waals surface area contributed by atoms with Crippen molar-refractivity contribution in [2.45, 2.75) is 44.4 Å². The fourth-order valence-corrected chi connectivity index (χ4v) is 4.15. The standard InChI is InChI=1S/C14H25N3O3S/c1-11(2)17-10-14(7-13(17)8-15-4)21(18,19)16-5-6-20-12(3)9-16/h7,10-12,15H,5-6,8-9H2,1-4H3. The summed E-state index contributed by atoms with van der Waals surface area (Å²) in [6, 6.07) is 1.99. The van der Waals surface area contributed by atoms with Gasteiger partial charge < -0.3 is 14.6 Å². The van der Waals surface area contributed by atoms with E-state index < -0.39 is 10.0 Å². The van der Waals surface area contributed by atoms with Gasteiger partial charge in [0.15, 0.2) is 0 Å². The minimum Gasteiger partial charge on any atom is -0.376 e. The minimum atomic E-state index is -3.44. The van der Waals surface area contributed by atoms with Crippen LogP contribution in [0, 0.1) is 0 Å². The fourth-order valence-electron chi connectivity index (χ4n) is 2.60. The maximum atomic E-state index is 12.8. The molecular formula is C14H25N3O3S. The zero-order valence-electron chi connectivity index (χ0n) is 13.2. The third-order valence-corrected chi connectivity index (χ3v) is 5.49. The lowest BCUT2D eigenvalue weighted by atomic mass is 10.3. The number of morpholine rings is 1. The Hall–Kier alpha value is -0.890. The molecule has 21 heavy (non-hydrogen) atoms. The lowest BCUT2D eigenvalue weighted by Crippen LogP contribution is -2.44. The Morgan fingerprint density at radius 2 is 2.19 bits per heavy atom. The van der Waals surface area contributed by atoms with Crippen LogP contribution in [-0.2, 0) is 21.3 Å². The van der Waals surface area contributed by atoms with Crippen LogP contribution in [0.4, 0.5) is 0 Å². The van der Waals surface area contributed by atoms with E-state index in [4.69, 9.17) is 4.74 Å². The average Bonchev–Trinajstić information content (AvgIpc) is 2.84. The second-order valence-electron chi connectivity index (χ2n) is 5.74. The highest BCUT2D eigenvalue weighted by atomic mass is 32.2. The molecule has 1 unspecified atom stereocenters. The number of nitrogens with zero attached hydrogens (tertiary/aromatic N) is 2. The van der Waals surface area contributed by atoms with E-state index in [-0.39, 0.29) is 12.1 Å². The van der Waals surface area contributed by atoms with Crippen LogP contribution in [0.1, 0.15) is 32.5 Å². The monoisotopic (exact) mass is 315 g/mol. The first-order chi connectivity index (χ1) is 9.86. The largest absolute Gasteiger partial charge is 0.376 e. The van der Waals surface area contributed by atoms with Gasteiger partial charge in [-0.2, -0.15) is 4.31 Å². The van der Waals surface area contributed by atoms with Crippen LogP contribution in [0.15, 0.2) is 17.2 Å². The number of ether oxygens (including phenoxy) is 1. The van der Waals surface area contributed by atoms with Crippen LogP contribution in [0.3, 0.4) is 0 Å². The molecule has 120 valence electrons. The normalized spacial score (nSPS) is 21.1. The molecule has 1 atom stereocenters. The number of hydrogen-bond donors (Lipinski definition) is 1. The van der Waals surface area contributed by atoms with Crippen LogP contribution in [-0.4, -0.2) is 50.1 Å². The number of nitrogens with one attached hydrogen (secondary N) is 1. The summed E-state index contributed by atoms with van der Waals surface area (Å²) in [4.78, 5) is 0.371. The molecule has 0 saturated carbocycles. The van der Waals surface area contributed by atoms with E-state index in [9.17, 15) is 8.42 Å². The lowest BCUT2D eigenvalue weighted by molar-refractivity contribution is 0.0102. The van der Waals surface area contributed by atoms with Gasteiger partial charge in [-0.05, 0) is 33.9 Å². The molecule has 1 aliphatic heterocycles. The molecule has 0 bridgehead atoms.